The molecule has 1 rings (SSSR count). The molecule has 0 saturated carbocycles. The van der Waals surface area contributed by atoms with Crippen molar-refractivity contribution < 1.29 is 0 Å². The molecule has 1 aliphatic heterocycles. The first-order chi connectivity index (χ1) is 2.71. The molecule has 0 nitrogen and oxygen atoms in total. The lowest BCUT2D eigenvalue weighted by molar-refractivity contribution is 1.67. The van der Waals surface area contributed by atoms with Crippen molar-refractivity contribution in [1.29, 1.82) is 0 Å². The predicted molar refractivity (Wildman–Crippen MR) is 38.7 cm³/mol. The number of hydrogen-bond donors (Lipinski definition) is 0. The summed E-state index contributed by atoms with van der Waals surface area (Å²) in [5.41, 5.74) is 2.82. The van der Waals surface area contributed by atoms with E-state index in [-0.39, 0.29) is 0 Å². The average molecular weight is 202 g/mol. The zero-order valence-electron chi connectivity index (χ0n) is 3.38. The molecule has 4 heteroatoms. The molecule has 0 bridgehead atoms. The molecule has 0 aromatic rings. The molecule has 1 fully saturated rings. The van der Waals surface area contributed by atoms with Gasteiger partial charge in [0.1, 0.15) is 0 Å². The van der Waals surface area contributed by atoms with Gasteiger partial charge in [-0.25, -0.2) is 0 Å². The van der Waals surface area contributed by atoms with Crippen molar-refractivity contribution in [3.8, 4) is 0 Å². The van der Waals surface area contributed by atoms with E-state index >= 15 is 0 Å². The average Bonchev–Trinajstić information content (AvgIpc) is 1.32. The fraction of sp³-hybridized carbons (Fsp3) is 1.00. The van der Waals surface area contributed by atoms with Crippen LogP contribution >= 0.6 is 26.4 Å². The Morgan fingerprint density at radius 1 is 1.67 bits per heavy atom. The molecule has 0 spiro atoms. The SMILES string of the molecule is Cl[Si]1(Br)C[SiH2]C1. The molecule has 0 amide bonds. The van der Waals surface area contributed by atoms with E-state index in [2.05, 4.69) is 15.3 Å². The molecule has 36 valence electrons. The van der Waals surface area contributed by atoms with Crippen LogP contribution in [0.5, 0.6) is 0 Å². The van der Waals surface area contributed by atoms with Crippen LogP contribution < -0.4 is 0 Å². The van der Waals surface area contributed by atoms with Crippen LogP contribution in [0.2, 0.25) is 11.3 Å². The van der Waals surface area contributed by atoms with Crippen LogP contribution in [-0.4, -0.2) is 15.5 Å². The summed E-state index contributed by atoms with van der Waals surface area (Å²) in [4.78, 5) is 0. The molecule has 0 unspecified atom stereocenters. The summed E-state index contributed by atoms with van der Waals surface area (Å²) in [7, 11) is 0.384. The zero-order valence-corrected chi connectivity index (χ0v) is 8.13. The zero-order chi connectivity index (χ0) is 4.62. The summed E-state index contributed by atoms with van der Waals surface area (Å²) in [6, 6.07) is -1.10. The summed E-state index contributed by atoms with van der Waals surface area (Å²) in [6.07, 6.45) is 0. The molecule has 1 saturated heterocycles. The quantitative estimate of drug-likeness (QED) is 0.408. The van der Waals surface area contributed by atoms with E-state index in [9.17, 15) is 0 Å². The minimum Gasteiger partial charge on any atom is -0.153 e. The van der Waals surface area contributed by atoms with E-state index in [4.69, 9.17) is 11.1 Å². The molecule has 0 aliphatic carbocycles. The Morgan fingerprint density at radius 2 is 2.00 bits per heavy atom. The minimum atomic E-state index is -1.10. The lowest BCUT2D eigenvalue weighted by Crippen LogP contribution is -2.33. The lowest BCUT2D eigenvalue weighted by Gasteiger charge is -2.24. The van der Waals surface area contributed by atoms with Crippen molar-refractivity contribution in [2.75, 3.05) is 0 Å². The van der Waals surface area contributed by atoms with Crippen molar-refractivity contribution in [2.24, 2.45) is 0 Å². The predicted octanol–water partition coefficient (Wildman–Crippen LogP) is 1.16. The molecule has 0 N–H and O–H groups in total. The molecule has 0 radical (unpaired) electrons. The lowest BCUT2D eigenvalue weighted by atomic mass is 11.8. The van der Waals surface area contributed by atoms with Crippen LogP contribution in [-0.2, 0) is 0 Å². The first kappa shape index (κ1) is 5.34. The maximum absolute atomic E-state index is 5.89. The molecule has 6 heavy (non-hydrogen) atoms. The van der Waals surface area contributed by atoms with Gasteiger partial charge in [0.15, 0.2) is 0 Å². The largest absolute Gasteiger partial charge is 0.220 e. The van der Waals surface area contributed by atoms with Gasteiger partial charge in [0.2, 0.25) is 6.00 Å². The summed E-state index contributed by atoms with van der Waals surface area (Å²) in [5.74, 6) is 0. The highest BCUT2D eigenvalue weighted by Crippen LogP contribution is 2.34. The van der Waals surface area contributed by atoms with Crippen LogP contribution in [0.25, 0.3) is 0 Å². The minimum absolute atomic E-state index is 0.384. The standard InChI is InChI=1S/C2H6BrClSi2/c3-6(4)1-5-2-6/h1-2,5H2. The van der Waals surface area contributed by atoms with Crippen molar-refractivity contribution in [1.82, 2.24) is 0 Å². The normalized spacial score (nSPS) is 49.0. The summed E-state index contributed by atoms with van der Waals surface area (Å²) >= 11 is 9.40. The third-order valence-corrected chi connectivity index (χ3v) is 20.3. The molecule has 0 aromatic carbocycles. The van der Waals surface area contributed by atoms with E-state index in [0.29, 0.717) is 9.52 Å². The third kappa shape index (κ3) is 1.09. The first-order valence-electron chi connectivity index (χ1n) is 2.09. The smallest absolute Gasteiger partial charge is 0.153 e. The van der Waals surface area contributed by atoms with E-state index in [0.717, 1.165) is 0 Å². The molecular formula is C2H6BrClSi2. The highest BCUT2D eigenvalue weighted by molar-refractivity contribution is 9.27. The second-order valence-corrected chi connectivity index (χ2v) is 16.2. The molecule has 0 atom stereocenters. The first-order valence-corrected chi connectivity index (χ1v) is 9.77. The van der Waals surface area contributed by atoms with Crippen molar-refractivity contribution in [3.63, 3.8) is 0 Å². The van der Waals surface area contributed by atoms with Crippen LogP contribution in [0, 0.1) is 0 Å². The third-order valence-electron chi connectivity index (χ3n) is 1.09. The van der Waals surface area contributed by atoms with Crippen LogP contribution in [0.3, 0.4) is 0 Å². The van der Waals surface area contributed by atoms with Gasteiger partial charge >= 0.3 is 0 Å². The topological polar surface area (TPSA) is 0 Å². The number of hydrogen-bond acceptors (Lipinski definition) is 0. The Kier molecular flexibility index (Phi) is 1.44. The molecule has 1 heterocycles. The number of rotatable bonds is 0. The molecular weight excluding hydrogens is 196 g/mol. The Bertz CT molecular complexity index is 58.6. The Hall–Kier alpha value is 1.20. The van der Waals surface area contributed by atoms with E-state index in [1.54, 1.807) is 0 Å². The van der Waals surface area contributed by atoms with E-state index in [1.165, 1.54) is 11.3 Å². The highest BCUT2D eigenvalue weighted by atomic mass is 79.9. The van der Waals surface area contributed by atoms with Gasteiger partial charge in [-0.3, -0.25) is 0 Å². The van der Waals surface area contributed by atoms with E-state index < -0.39 is 6.00 Å². The Balaban J connectivity index is 2.31. The molecule has 0 aromatic heterocycles. The monoisotopic (exact) mass is 200 g/mol. The van der Waals surface area contributed by atoms with Gasteiger partial charge in [-0.05, 0) is 11.3 Å². The van der Waals surface area contributed by atoms with Crippen LogP contribution in [0.1, 0.15) is 0 Å². The van der Waals surface area contributed by atoms with Crippen LogP contribution in [0.4, 0.5) is 0 Å². The highest BCUT2D eigenvalue weighted by Gasteiger charge is 2.34. The number of halogens is 2. The van der Waals surface area contributed by atoms with Crippen molar-refractivity contribution >= 4 is 41.9 Å². The van der Waals surface area contributed by atoms with Crippen molar-refractivity contribution in [2.45, 2.75) is 11.3 Å². The van der Waals surface area contributed by atoms with Crippen LogP contribution in [0.15, 0.2) is 0 Å². The fourth-order valence-corrected chi connectivity index (χ4v) is 11.4. The second kappa shape index (κ2) is 1.61. The van der Waals surface area contributed by atoms with E-state index in [1.807, 2.05) is 0 Å². The fourth-order valence-electron chi connectivity index (χ4n) is 0.444. The van der Waals surface area contributed by atoms with Crippen molar-refractivity contribution in [3.05, 3.63) is 0 Å². The van der Waals surface area contributed by atoms with Gasteiger partial charge in [0, 0.05) is 9.52 Å². The summed E-state index contributed by atoms with van der Waals surface area (Å²) in [6.45, 7) is 0. The van der Waals surface area contributed by atoms with Gasteiger partial charge < -0.3 is 0 Å². The maximum atomic E-state index is 5.89. The van der Waals surface area contributed by atoms with Gasteiger partial charge in [-0.1, -0.05) is 0 Å². The summed E-state index contributed by atoms with van der Waals surface area (Å²) < 4.78 is 0. The van der Waals surface area contributed by atoms with Gasteiger partial charge in [-0.2, -0.15) is 11.1 Å². The summed E-state index contributed by atoms with van der Waals surface area (Å²) in [5, 5.41) is 0. The Labute approximate surface area is 53.4 Å². The second-order valence-electron chi connectivity index (χ2n) is 1.71. The van der Waals surface area contributed by atoms with Gasteiger partial charge in [0.05, 0.1) is 0 Å². The molecule has 1 aliphatic rings. The maximum Gasteiger partial charge on any atom is 0.220 e. The van der Waals surface area contributed by atoms with Gasteiger partial charge in [0.25, 0.3) is 0 Å². The van der Waals surface area contributed by atoms with Gasteiger partial charge in [-0.15, -0.1) is 15.3 Å². The Morgan fingerprint density at radius 3 is 2.00 bits per heavy atom.